The number of hydrogen-bond acceptors (Lipinski definition) is 2. The fourth-order valence-electron chi connectivity index (χ4n) is 2.39. The number of amides is 1. The number of carboxylic acid groups (broad SMARTS) is 1. The second kappa shape index (κ2) is 4.57. The van der Waals surface area contributed by atoms with Gasteiger partial charge in [-0.15, -0.1) is 0 Å². The lowest BCUT2D eigenvalue weighted by atomic mass is 10.2. The van der Waals surface area contributed by atoms with Crippen LogP contribution in [0.1, 0.15) is 25.5 Å². The minimum Gasteiger partial charge on any atom is -0.465 e. The highest BCUT2D eigenvalue weighted by atomic mass is 16.4. The summed E-state index contributed by atoms with van der Waals surface area (Å²) in [7, 11) is 0. The average Bonchev–Trinajstić information content (AvgIpc) is 3.15. The lowest BCUT2D eigenvalue weighted by Crippen LogP contribution is -2.31. The molecule has 2 heterocycles. The highest BCUT2D eigenvalue weighted by Gasteiger charge is 2.30. The maximum atomic E-state index is 11.6. The van der Waals surface area contributed by atoms with E-state index in [0.717, 1.165) is 36.2 Å². The van der Waals surface area contributed by atoms with Gasteiger partial charge in [-0.1, -0.05) is 13.0 Å². The number of nitrogens with zero attached hydrogens (tertiary/aromatic N) is 3. The predicted molar refractivity (Wildman–Crippen MR) is 72.7 cm³/mol. The van der Waals surface area contributed by atoms with Crippen molar-refractivity contribution >= 4 is 17.3 Å². The van der Waals surface area contributed by atoms with E-state index in [-0.39, 0.29) is 0 Å². The first-order valence-corrected chi connectivity index (χ1v) is 6.67. The Labute approximate surface area is 111 Å². The lowest BCUT2D eigenvalue weighted by Gasteiger charge is -2.19. The summed E-state index contributed by atoms with van der Waals surface area (Å²) in [5, 5.41) is 14.0. The van der Waals surface area contributed by atoms with E-state index < -0.39 is 6.09 Å². The molecular formula is C14H17N3O2. The van der Waals surface area contributed by atoms with Crippen LogP contribution in [0.25, 0.3) is 5.52 Å². The van der Waals surface area contributed by atoms with Gasteiger partial charge in [-0.3, -0.25) is 4.90 Å². The molecule has 0 unspecified atom stereocenters. The highest BCUT2D eigenvalue weighted by molar-refractivity contribution is 5.93. The van der Waals surface area contributed by atoms with Gasteiger partial charge in [-0.2, -0.15) is 5.10 Å². The fourth-order valence-corrected chi connectivity index (χ4v) is 2.39. The molecule has 2 aromatic rings. The van der Waals surface area contributed by atoms with Crippen molar-refractivity contribution in [3.8, 4) is 0 Å². The van der Waals surface area contributed by atoms with E-state index in [4.69, 9.17) is 0 Å². The number of rotatable bonds is 4. The second-order valence-corrected chi connectivity index (χ2v) is 5.02. The van der Waals surface area contributed by atoms with Gasteiger partial charge >= 0.3 is 6.09 Å². The van der Waals surface area contributed by atoms with Crippen LogP contribution >= 0.6 is 0 Å². The third kappa shape index (κ3) is 2.16. The third-order valence-electron chi connectivity index (χ3n) is 3.56. The Morgan fingerprint density at radius 2 is 2.32 bits per heavy atom. The van der Waals surface area contributed by atoms with E-state index in [2.05, 4.69) is 5.10 Å². The number of pyridine rings is 1. The molecule has 0 aliphatic heterocycles. The van der Waals surface area contributed by atoms with E-state index in [9.17, 15) is 9.90 Å². The lowest BCUT2D eigenvalue weighted by molar-refractivity contribution is 0.201. The smallest absolute Gasteiger partial charge is 0.411 e. The van der Waals surface area contributed by atoms with Crippen LogP contribution in [0.2, 0.25) is 0 Å². The van der Waals surface area contributed by atoms with Gasteiger partial charge in [0.2, 0.25) is 0 Å². The molecule has 0 aromatic carbocycles. The molecule has 0 radical (unpaired) electrons. The van der Waals surface area contributed by atoms with Crippen molar-refractivity contribution in [2.24, 2.45) is 5.92 Å². The monoisotopic (exact) mass is 259 g/mol. The Hall–Kier alpha value is -2.04. The molecule has 2 aromatic heterocycles. The molecule has 0 saturated heterocycles. The van der Waals surface area contributed by atoms with Crippen molar-refractivity contribution < 1.29 is 9.90 Å². The van der Waals surface area contributed by atoms with E-state index in [1.165, 1.54) is 4.90 Å². The van der Waals surface area contributed by atoms with Crippen molar-refractivity contribution in [1.82, 2.24) is 9.61 Å². The zero-order valence-corrected chi connectivity index (χ0v) is 10.9. The molecule has 0 atom stereocenters. The van der Waals surface area contributed by atoms with Gasteiger partial charge < -0.3 is 5.11 Å². The van der Waals surface area contributed by atoms with Gasteiger partial charge in [0, 0.05) is 12.7 Å². The van der Waals surface area contributed by atoms with Gasteiger partial charge in [0.05, 0.1) is 16.9 Å². The molecule has 1 fully saturated rings. The summed E-state index contributed by atoms with van der Waals surface area (Å²) in [4.78, 5) is 13.0. The summed E-state index contributed by atoms with van der Waals surface area (Å²) in [5.41, 5.74) is 2.46. The maximum absolute atomic E-state index is 11.6. The number of aromatic nitrogens is 2. The van der Waals surface area contributed by atoms with Crippen LogP contribution in [0.3, 0.4) is 0 Å². The summed E-state index contributed by atoms with van der Waals surface area (Å²) in [6.45, 7) is 2.58. The first-order valence-electron chi connectivity index (χ1n) is 6.67. The topological polar surface area (TPSA) is 57.8 Å². The Balaban J connectivity index is 2.11. The SMILES string of the molecule is CCc1nn2ccccc2c1N(CC1CC1)C(=O)O. The molecule has 1 N–H and O–H groups in total. The summed E-state index contributed by atoms with van der Waals surface area (Å²) < 4.78 is 1.76. The molecule has 1 amide bonds. The van der Waals surface area contributed by atoms with Gasteiger partial charge in [0.15, 0.2) is 0 Å². The summed E-state index contributed by atoms with van der Waals surface area (Å²) in [6, 6.07) is 5.73. The number of carbonyl (C=O) groups is 1. The molecule has 0 spiro atoms. The Morgan fingerprint density at radius 1 is 1.53 bits per heavy atom. The van der Waals surface area contributed by atoms with E-state index >= 15 is 0 Å². The first-order chi connectivity index (χ1) is 9.20. The van der Waals surface area contributed by atoms with Crippen LogP contribution in [-0.4, -0.2) is 27.4 Å². The van der Waals surface area contributed by atoms with Crippen LogP contribution in [0, 0.1) is 5.92 Å². The molecule has 1 aliphatic rings. The van der Waals surface area contributed by atoms with Gasteiger partial charge in [0.25, 0.3) is 0 Å². The van der Waals surface area contributed by atoms with Gasteiger partial charge in [-0.05, 0) is 37.3 Å². The number of hydrogen-bond donors (Lipinski definition) is 1. The minimum atomic E-state index is -0.889. The normalized spacial score (nSPS) is 14.8. The zero-order valence-electron chi connectivity index (χ0n) is 10.9. The predicted octanol–water partition coefficient (Wildman–Crippen LogP) is 2.79. The molecule has 19 heavy (non-hydrogen) atoms. The van der Waals surface area contributed by atoms with Crippen LogP contribution < -0.4 is 4.90 Å². The van der Waals surface area contributed by atoms with Crippen molar-refractivity contribution in [3.05, 3.63) is 30.1 Å². The molecule has 1 aliphatic carbocycles. The van der Waals surface area contributed by atoms with Crippen molar-refractivity contribution in [3.63, 3.8) is 0 Å². The molecule has 1 saturated carbocycles. The quantitative estimate of drug-likeness (QED) is 0.918. The standard InChI is InChI=1S/C14H17N3O2/c1-2-11-13(12-5-3-4-8-17(12)15-11)16(14(18)19)9-10-6-7-10/h3-5,8,10H,2,6-7,9H2,1H3,(H,18,19). The zero-order chi connectivity index (χ0) is 13.4. The molecule has 5 heteroatoms. The van der Waals surface area contributed by atoms with E-state index in [1.54, 1.807) is 4.52 Å². The summed E-state index contributed by atoms with van der Waals surface area (Å²) >= 11 is 0. The third-order valence-corrected chi connectivity index (χ3v) is 3.56. The number of anilines is 1. The second-order valence-electron chi connectivity index (χ2n) is 5.02. The average molecular weight is 259 g/mol. The summed E-state index contributed by atoms with van der Waals surface area (Å²) in [5.74, 6) is 0.513. The Kier molecular flexibility index (Phi) is 2.89. The van der Waals surface area contributed by atoms with Crippen molar-refractivity contribution in [2.75, 3.05) is 11.4 Å². The van der Waals surface area contributed by atoms with Gasteiger partial charge in [0.1, 0.15) is 0 Å². The molecule has 100 valence electrons. The van der Waals surface area contributed by atoms with Crippen molar-refractivity contribution in [1.29, 1.82) is 0 Å². The van der Waals surface area contributed by atoms with E-state index in [1.807, 2.05) is 31.3 Å². The van der Waals surface area contributed by atoms with Crippen LogP contribution in [-0.2, 0) is 6.42 Å². The molecular weight excluding hydrogens is 242 g/mol. The maximum Gasteiger partial charge on any atom is 0.411 e. The van der Waals surface area contributed by atoms with Crippen LogP contribution in [0.4, 0.5) is 10.5 Å². The first kappa shape index (κ1) is 12.0. The number of fused-ring (bicyclic) bond motifs is 1. The highest BCUT2D eigenvalue weighted by Crippen LogP contribution is 2.34. The van der Waals surface area contributed by atoms with Gasteiger partial charge in [-0.25, -0.2) is 9.31 Å². The largest absolute Gasteiger partial charge is 0.465 e. The molecule has 0 bridgehead atoms. The molecule has 5 nitrogen and oxygen atoms in total. The van der Waals surface area contributed by atoms with Crippen LogP contribution in [0.15, 0.2) is 24.4 Å². The Morgan fingerprint density at radius 3 is 2.95 bits per heavy atom. The minimum absolute atomic E-state index is 0.513. The van der Waals surface area contributed by atoms with Crippen LogP contribution in [0.5, 0.6) is 0 Å². The fraction of sp³-hybridized carbons (Fsp3) is 0.429. The number of aryl methyl sites for hydroxylation is 1. The Bertz CT molecular complexity index is 616. The summed E-state index contributed by atoms with van der Waals surface area (Å²) in [6.07, 6.45) is 3.95. The molecule has 3 rings (SSSR count). The van der Waals surface area contributed by atoms with Crippen molar-refractivity contribution in [2.45, 2.75) is 26.2 Å². The van der Waals surface area contributed by atoms with E-state index in [0.29, 0.717) is 12.5 Å².